The smallest absolute Gasteiger partial charge is 0.416 e. The molecule has 0 fully saturated rings. The van der Waals surface area contributed by atoms with Crippen molar-refractivity contribution < 1.29 is 22.3 Å². The third-order valence-electron chi connectivity index (χ3n) is 4.64. The zero-order valence-electron chi connectivity index (χ0n) is 15.7. The van der Waals surface area contributed by atoms with Gasteiger partial charge in [-0.25, -0.2) is 4.39 Å². The molecule has 0 aliphatic heterocycles. The van der Waals surface area contributed by atoms with Gasteiger partial charge in [0.15, 0.2) is 11.6 Å². The second kappa shape index (κ2) is 8.22. The fourth-order valence-electron chi connectivity index (χ4n) is 3.39. The van der Waals surface area contributed by atoms with Crippen molar-refractivity contribution in [3.63, 3.8) is 0 Å². The van der Waals surface area contributed by atoms with Gasteiger partial charge in [-0.05, 0) is 49.2 Å². The molecule has 0 spiro atoms. The van der Waals surface area contributed by atoms with Crippen LogP contribution in [0.25, 0.3) is 10.9 Å². The number of nitrogens with zero attached hydrogens (tertiary/aromatic N) is 1. The lowest BCUT2D eigenvalue weighted by Gasteiger charge is -2.13. The average molecular weight is 394 g/mol. The first kappa shape index (κ1) is 20.2. The number of ether oxygens (including phenoxy) is 1. The maximum atomic E-state index is 14.2. The van der Waals surface area contributed by atoms with E-state index in [4.69, 9.17) is 4.74 Å². The molecular weight excluding hydrogens is 372 g/mol. The maximum absolute atomic E-state index is 14.2. The van der Waals surface area contributed by atoms with E-state index in [1.54, 1.807) is 19.1 Å². The van der Waals surface area contributed by atoms with Crippen LogP contribution in [0.2, 0.25) is 0 Å². The molecular formula is C21H22F4N2O. The number of aryl methyl sites for hydroxylation is 1. The van der Waals surface area contributed by atoms with Crippen LogP contribution in [0.15, 0.2) is 42.6 Å². The monoisotopic (exact) mass is 394 g/mol. The quantitative estimate of drug-likeness (QED) is 0.447. The zero-order chi connectivity index (χ0) is 20.3. The van der Waals surface area contributed by atoms with Gasteiger partial charge in [-0.3, -0.25) is 0 Å². The highest BCUT2D eigenvalue weighted by Gasteiger charge is 2.32. The molecule has 3 nitrogen and oxygen atoms in total. The molecule has 0 aliphatic carbocycles. The summed E-state index contributed by atoms with van der Waals surface area (Å²) in [5, 5.41) is 3.77. The van der Waals surface area contributed by atoms with Gasteiger partial charge in [0.2, 0.25) is 0 Å². The summed E-state index contributed by atoms with van der Waals surface area (Å²) in [5.74, 6) is -0.202. The van der Waals surface area contributed by atoms with Crippen LogP contribution in [0, 0.1) is 5.82 Å². The van der Waals surface area contributed by atoms with Crippen molar-refractivity contribution >= 4 is 10.9 Å². The minimum atomic E-state index is -4.38. The van der Waals surface area contributed by atoms with Crippen LogP contribution < -0.4 is 10.1 Å². The van der Waals surface area contributed by atoms with E-state index in [1.807, 2.05) is 17.8 Å². The molecule has 0 amide bonds. The van der Waals surface area contributed by atoms with Crippen molar-refractivity contribution in [2.24, 2.45) is 7.05 Å². The normalized spacial score (nSPS) is 11.9. The second-order valence-electron chi connectivity index (χ2n) is 6.55. The van der Waals surface area contributed by atoms with Gasteiger partial charge in [-0.15, -0.1) is 0 Å². The Hall–Kier alpha value is -2.54. The molecule has 0 saturated heterocycles. The second-order valence-corrected chi connectivity index (χ2v) is 6.55. The predicted molar refractivity (Wildman–Crippen MR) is 101 cm³/mol. The van der Waals surface area contributed by atoms with Crippen LogP contribution in [0.3, 0.4) is 0 Å². The summed E-state index contributed by atoms with van der Waals surface area (Å²) in [7, 11) is 1.87. The predicted octanol–water partition coefficient (Wildman–Crippen LogP) is 5.07. The highest BCUT2D eigenvalue weighted by Crippen LogP contribution is 2.34. The molecule has 0 radical (unpaired) electrons. The largest absolute Gasteiger partial charge is 0.490 e. The molecule has 2 aromatic carbocycles. The van der Waals surface area contributed by atoms with E-state index in [-0.39, 0.29) is 17.9 Å². The van der Waals surface area contributed by atoms with Crippen LogP contribution in [0.1, 0.15) is 23.6 Å². The Kier molecular flexibility index (Phi) is 5.93. The molecule has 0 atom stereocenters. The highest BCUT2D eigenvalue weighted by atomic mass is 19.4. The van der Waals surface area contributed by atoms with E-state index < -0.39 is 17.6 Å². The third kappa shape index (κ3) is 4.14. The van der Waals surface area contributed by atoms with Gasteiger partial charge in [-0.1, -0.05) is 18.2 Å². The van der Waals surface area contributed by atoms with Crippen LogP contribution in [-0.4, -0.2) is 17.7 Å². The molecule has 3 aromatic rings. The minimum absolute atomic E-state index is 0.104. The molecule has 3 rings (SSSR count). The number of halogens is 4. The molecule has 0 bridgehead atoms. The molecule has 7 heteroatoms. The average Bonchev–Trinajstić information content (AvgIpc) is 2.96. The van der Waals surface area contributed by atoms with Gasteiger partial charge in [-0.2, -0.15) is 13.2 Å². The van der Waals surface area contributed by atoms with E-state index >= 15 is 0 Å². The number of rotatable bonds is 7. The first-order valence-corrected chi connectivity index (χ1v) is 9.08. The summed E-state index contributed by atoms with van der Waals surface area (Å²) in [6, 6.07) is 8.60. The summed E-state index contributed by atoms with van der Waals surface area (Å²) >= 11 is 0. The van der Waals surface area contributed by atoms with Gasteiger partial charge in [0.25, 0.3) is 0 Å². The summed E-state index contributed by atoms with van der Waals surface area (Å²) in [5.41, 5.74) is 1.31. The SMILES string of the molecule is CCOc1c(F)ccc2c1c(CCNCc1ccccc1C(F)(F)F)cn2C. The van der Waals surface area contributed by atoms with Gasteiger partial charge in [0.05, 0.1) is 17.7 Å². The van der Waals surface area contributed by atoms with Crippen molar-refractivity contribution in [1.29, 1.82) is 0 Å². The maximum Gasteiger partial charge on any atom is 0.416 e. The molecule has 150 valence electrons. The van der Waals surface area contributed by atoms with E-state index in [1.165, 1.54) is 18.2 Å². The molecule has 1 heterocycles. The standard InChI is InChI=1S/C21H22F4N2O/c1-3-28-20-17(22)8-9-18-19(20)15(13-27(18)2)10-11-26-12-14-6-4-5-7-16(14)21(23,24)25/h4-9,13,26H,3,10-12H2,1-2H3. The summed E-state index contributed by atoms with van der Waals surface area (Å²) in [6.45, 7) is 2.69. The number of alkyl halides is 3. The fraction of sp³-hybridized carbons (Fsp3) is 0.333. The lowest BCUT2D eigenvalue weighted by atomic mass is 10.1. The molecule has 28 heavy (non-hydrogen) atoms. The van der Waals surface area contributed by atoms with Crippen molar-refractivity contribution in [2.45, 2.75) is 26.1 Å². The topological polar surface area (TPSA) is 26.2 Å². The van der Waals surface area contributed by atoms with E-state index in [0.717, 1.165) is 17.1 Å². The van der Waals surface area contributed by atoms with Crippen molar-refractivity contribution in [3.8, 4) is 5.75 Å². The highest BCUT2D eigenvalue weighted by molar-refractivity contribution is 5.90. The first-order chi connectivity index (χ1) is 13.3. The number of hydrogen-bond donors (Lipinski definition) is 1. The van der Waals surface area contributed by atoms with Gasteiger partial charge in [0.1, 0.15) is 0 Å². The Bertz CT molecular complexity index is 963. The number of fused-ring (bicyclic) bond motifs is 1. The number of hydrogen-bond acceptors (Lipinski definition) is 2. The van der Waals surface area contributed by atoms with E-state index in [0.29, 0.717) is 25.0 Å². The van der Waals surface area contributed by atoms with Crippen LogP contribution in [0.4, 0.5) is 17.6 Å². The Labute approximate surface area is 160 Å². The van der Waals surface area contributed by atoms with Crippen molar-refractivity contribution in [1.82, 2.24) is 9.88 Å². The third-order valence-corrected chi connectivity index (χ3v) is 4.64. The molecule has 0 aliphatic rings. The van der Waals surface area contributed by atoms with Gasteiger partial charge >= 0.3 is 6.18 Å². The molecule has 1 aromatic heterocycles. The van der Waals surface area contributed by atoms with Gasteiger partial charge < -0.3 is 14.6 Å². The Balaban J connectivity index is 1.74. The Morgan fingerprint density at radius 1 is 1.07 bits per heavy atom. The first-order valence-electron chi connectivity index (χ1n) is 9.08. The van der Waals surface area contributed by atoms with E-state index in [9.17, 15) is 17.6 Å². The molecule has 1 N–H and O–H groups in total. The fourth-order valence-corrected chi connectivity index (χ4v) is 3.39. The summed E-state index contributed by atoms with van der Waals surface area (Å²) in [4.78, 5) is 0. The zero-order valence-corrected chi connectivity index (χ0v) is 15.7. The molecule has 0 saturated carbocycles. The van der Waals surface area contributed by atoms with E-state index in [2.05, 4.69) is 5.32 Å². The summed E-state index contributed by atoms with van der Waals surface area (Å²) in [6.07, 6.45) is -1.94. The van der Waals surface area contributed by atoms with Gasteiger partial charge in [0, 0.05) is 25.2 Å². The number of benzene rings is 2. The van der Waals surface area contributed by atoms with Crippen molar-refractivity contribution in [3.05, 3.63) is 65.1 Å². The lowest BCUT2D eigenvalue weighted by Crippen LogP contribution is -2.19. The van der Waals surface area contributed by atoms with Crippen LogP contribution >= 0.6 is 0 Å². The van der Waals surface area contributed by atoms with Crippen molar-refractivity contribution in [2.75, 3.05) is 13.2 Å². The Morgan fingerprint density at radius 2 is 1.82 bits per heavy atom. The minimum Gasteiger partial charge on any atom is -0.490 e. The van der Waals surface area contributed by atoms with Crippen LogP contribution in [0.5, 0.6) is 5.75 Å². The number of nitrogens with one attached hydrogen (secondary N) is 1. The lowest BCUT2D eigenvalue weighted by molar-refractivity contribution is -0.138. The Morgan fingerprint density at radius 3 is 2.54 bits per heavy atom. The summed E-state index contributed by atoms with van der Waals surface area (Å²) < 4.78 is 60.8. The molecule has 0 unspecified atom stereocenters. The number of aromatic nitrogens is 1. The van der Waals surface area contributed by atoms with Crippen LogP contribution in [-0.2, 0) is 26.2 Å².